The minimum absolute atomic E-state index is 0.0540. The van der Waals surface area contributed by atoms with Crippen molar-refractivity contribution < 1.29 is 14.3 Å². The van der Waals surface area contributed by atoms with E-state index in [1.165, 1.54) is 0 Å². The van der Waals surface area contributed by atoms with E-state index in [4.69, 9.17) is 9.52 Å². The number of carboxylic acids is 1. The summed E-state index contributed by atoms with van der Waals surface area (Å²) in [6.45, 7) is 0. The predicted molar refractivity (Wildman–Crippen MR) is 55.5 cm³/mol. The molecule has 0 amide bonds. The third-order valence-electron chi connectivity index (χ3n) is 2.11. The molecule has 1 heterocycles. The Bertz CT molecular complexity index is 440. The highest BCUT2D eigenvalue weighted by Gasteiger charge is 2.02. The van der Waals surface area contributed by atoms with Crippen molar-refractivity contribution in [1.29, 1.82) is 0 Å². The van der Waals surface area contributed by atoms with Crippen molar-refractivity contribution in [2.45, 2.75) is 6.42 Å². The lowest BCUT2D eigenvalue weighted by atomic mass is 10.1. The van der Waals surface area contributed by atoms with E-state index in [9.17, 15) is 4.79 Å². The van der Waals surface area contributed by atoms with Crippen LogP contribution in [-0.4, -0.2) is 11.1 Å². The normalized spacial score (nSPS) is 10.1. The summed E-state index contributed by atoms with van der Waals surface area (Å²) >= 11 is 0. The van der Waals surface area contributed by atoms with E-state index in [0.29, 0.717) is 0 Å². The van der Waals surface area contributed by atoms with Gasteiger partial charge < -0.3 is 9.52 Å². The van der Waals surface area contributed by atoms with Gasteiger partial charge in [0, 0.05) is 5.56 Å². The molecule has 2 rings (SSSR count). The molecule has 0 aliphatic rings. The Morgan fingerprint density at radius 3 is 2.47 bits per heavy atom. The largest absolute Gasteiger partial charge is 0.481 e. The molecule has 0 saturated carbocycles. The highest BCUT2D eigenvalue weighted by Crippen LogP contribution is 2.19. The van der Waals surface area contributed by atoms with Gasteiger partial charge in [-0.05, 0) is 17.7 Å². The minimum Gasteiger partial charge on any atom is -0.481 e. The van der Waals surface area contributed by atoms with Crippen molar-refractivity contribution in [1.82, 2.24) is 0 Å². The van der Waals surface area contributed by atoms with Crippen LogP contribution in [0.1, 0.15) is 5.56 Å². The lowest BCUT2D eigenvalue weighted by Gasteiger charge is -1.99. The van der Waals surface area contributed by atoms with Gasteiger partial charge in [-0.1, -0.05) is 24.3 Å². The highest BCUT2D eigenvalue weighted by molar-refractivity contribution is 5.70. The maximum Gasteiger partial charge on any atom is 0.307 e. The van der Waals surface area contributed by atoms with Gasteiger partial charge in [0.05, 0.1) is 12.7 Å². The van der Waals surface area contributed by atoms with Crippen LogP contribution in [0.2, 0.25) is 0 Å². The van der Waals surface area contributed by atoms with Gasteiger partial charge in [0.2, 0.25) is 0 Å². The Kier molecular flexibility index (Phi) is 2.54. The Labute approximate surface area is 87.0 Å². The molecule has 15 heavy (non-hydrogen) atoms. The smallest absolute Gasteiger partial charge is 0.307 e. The fourth-order valence-corrected chi connectivity index (χ4v) is 1.40. The fourth-order valence-electron chi connectivity index (χ4n) is 1.40. The molecular formula is C12H10O3. The van der Waals surface area contributed by atoms with E-state index >= 15 is 0 Å². The quantitative estimate of drug-likeness (QED) is 0.832. The molecule has 0 aliphatic heterocycles. The summed E-state index contributed by atoms with van der Waals surface area (Å²) in [4.78, 5) is 10.5. The first-order chi connectivity index (χ1) is 7.25. The molecule has 3 nitrogen and oxygen atoms in total. The minimum atomic E-state index is -0.819. The van der Waals surface area contributed by atoms with E-state index in [1.807, 2.05) is 24.3 Å². The van der Waals surface area contributed by atoms with Crippen LogP contribution in [0.25, 0.3) is 11.3 Å². The molecule has 0 fully saturated rings. The number of furan rings is 1. The standard InChI is InChI=1S/C12H10O3/c13-12(14)8-9-3-5-10(6-4-9)11-2-1-7-15-11/h1-7H,8H2,(H,13,14). The van der Waals surface area contributed by atoms with Crippen molar-refractivity contribution in [3.63, 3.8) is 0 Å². The fraction of sp³-hybridized carbons (Fsp3) is 0.0833. The van der Waals surface area contributed by atoms with Crippen LogP contribution in [-0.2, 0) is 11.2 Å². The average Bonchev–Trinajstić information content (AvgIpc) is 2.71. The average molecular weight is 202 g/mol. The first-order valence-electron chi connectivity index (χ1n) is 4.60. The molecule has 76 valence electrons. The van der Waals surface area contributed by atoms with Gasteiger partial charge in [0.1, 0.15) is 5.76 Å². The van der Waals surface area contributed by atoms with Gasteiger partial charge >= 0.3 is 5.97 Å². The SMILES string of the molecule is O=C(O)Cc1ccc(-c2ccco2)cc1. The molecule has 0 spiro atoms. The van der Waals surface area contributed by atoms with E-state index < -0.39 is 5.97 Å². The molecule has 0 bridgehead atoms. The van der Waals surface area contributed by atoms with E-state index in [2.05, 4.69) is 0 Å². The van der Waals surface area contributed by atoms with Crippen LogP contribution >= 0.6 is 0 Å². The molecule has 3 heteroatoms. The van der Waals surface area contributed by atoms with Crippen LogP contribution in [0.3, 0.4) is 0 Å². The second-order valence-corrected chi connectivity index (χ2v) is 3.24. The Hall–Kier alpha value is -2.03. The molecule has 0 radical (unpaired) electrons. The number of carboxylic acid groups (broad SMARTS) is 1. The van der Waals surface area contributed by atoms with Gasteiger partial charge in [-0.3, -0.25) is 4.79 Å². The topological polar surface area (TPSA) is 50.4 Å². The molecule has 1 N–H and O–H groups in total. The van der Waals surface area contributed by atoms with E-state index in [-0.39, 0.29) is 6.42 Å². The third-order valence-corrected chi connectivity index (χ3v) is 2.11. The summed E-state index contributed by atoms with van der Waals surface area (Å²) in [6, 6.07) is 11.0. The van der Waals surface area contributed by atoms with Crippen molar-refractivity contribution in [3.05, 3.63) is 48.2 Å². The lowest BCUT2D eigenvalue weighted by Crippen LogP contribution is -1.99. The molecule has 1 aromatic heterocycles. The summed E-state index contributed by atoms with van der Waals surface area (Å²) in [6.07, 6.45) is 1.67. The molecule has 0 atom stereocenters. The summed E-state index contributed by atoms with van der Waals surface area (Å²) in [5, 5.41) is 8.60. The summed E-state index contributed by atoms with van der Waals surface area (Å²) in [5.74, 6) is -0.0300. The van der Waals surface area contributed by atoms with E-state index in [0.717, 1.165) is 16.9 Å². The molecule has 2 aromatic rings. The van der Waals surface area contributed by atoms with Crippen molar-refractivity contribution in [2.24, 2.45) is 0 Å². The zero-order valence-electron chi connectivity index (χ0n) is 8.01. The van der Waals surface area contributed by atoms with Crippen LogP contribution in [0.15, 0.2) is 47.1 Å². The second-order valence-electron chi connectivity index (χ2n) is 3.24. The Balaban J connectivity index is 2.21. The zero-order chi connectivity index (χ0) is 10.7. The number of hydrogen-bond donors (Lipinski definition) is 1. The molecule has 0 aliphatic carbocycles. The van der Waals surface area contributed by atoms with Crippen LogP contribution in [0, 0.1) is 0 Å². The number of carbonyl (C=O) groups is 1. The van der Waals surface area contributed by atoms with Gasteiger partial charge in [-0.25, -0.2) is 0 Å². The summed E-state index contributed by atoms with van der Waals surface area (Å²) in [5.41, 5.74) is 1.74. The van der Waals surface area contributed by atoms with E-state index in [1.54, 1.807) is 18.4 Å². The van der Waals surface area contributed by atoms with Gasteiger partial charge in [0.15, 0.2) is 0 Å². The number of benzene rings is 1. The summed E-state index contributed by atoms with van der Waals surface area (Å²) in [7, 11) is 0. The van der Waals surface area contributed by atoms with Gasteiger partial charge in [0.25, 0.3) is 0 Å². The molecule has 1 aromatic carbocycles. The maximum absolute atomic E-state index is 10.5. The predicted octanol–water partition coefficient (Wildman–Crippen LogP) is 2.57. The number of hydrogen-bond acceptors (Lipinski definition) is 2. The van der Waals surface area contributed by atoms with Gasteiger partial charge in [-0.15, -0.1) is 0 Å². The van der Waals surface area contributed by atoms with Crippen molar-refractivity contribution in [3.8, 4) is 11.3 Å². The third kappa shape index (κ3) is 2.26. The highest BCUT2D eigenvalue weighted by atomic mass is 16.4. The van der Waals surface area contributed by atoms with Crippen LogP contribution in [0.5, 0.6) is 0 Å². The van der Waals surface area contributed by atoms with Gasteiger partial charge in [-0.2, -0.15) is 0 Å². The molecular weight excluding hydrogens is 192 g/mol. The van der Waals surface area contributed by atoms with Crippen LogP contribution < -0.4 is 0 Å². The van der Waals surface area contributed by atoms with Crippen LogP contribution in [0.4, 0.5) is 0 Å². The lowest BCUT2D eigenvalue weighted by molar-refractivity contribution is -0.136. The first kappa shape index (κ1) is 9.52. The van der Waals surface area contributed by atoms with Crippen molar-refractivity contribution >= 4 is 5.97 Å². The Morgan fingerprint density at radius 1 is 1.20 bits per heavy atom. The molecule has 0 saturated heterocycles. The Morgan fingerprint density at radius 2 is 1.93 bits per heavy atom. The molecule has 0 unspecified atom stereocenters. The monoisotopic (exact) mass is 202 g/mol. The zero-order valence-corrected chi connectivity index (χ0v) is 8.01. The number of aliphatic carboxylic acids is 1. The first-order valence-corrected chi connectivity index (χ1v) is 4.60. The van der Waals surface area contributed by atoms with Crippen molar-refractivity contribution in [2.75, 3.05) is 0 Å². The summed E-state index contributed by atoms with van der Waals surface area (Å²) < 4.78 is 5.22. The maximum atomic E-state index is 10.5. The second kappa shape index (κ2) is 4.00. The number of rotatable bonds is 3.